The number of methoxy groups -OCH3 is 1. The van der Waals surface area contributed by atoms with Gasteiger partial charge in [0.15, 0.2) is 0 Å². The molecular formula is C14H17BrClN3OS. The molecule has 0 aliphatic rings. The number of hydrogen-bond donors (Lipinski definition) is 1. The van der Waals surface area contributed by atoms with Crippen LogP contribution in [0.3, 0.4) is 0 Å². The smallest absolute Gasteiger partial charge is 0.0703 e. The van der Waals surface area contributed by atoms with Crippen LogP contribution in [0.25, 0.3) is 0 Å². The first kappa shape index (κ1) is 16.8. The summed E-state index contributed by atoms with van der Waals surface area (Å²) in [5.74, 6) is 0.763. The van der Waals surface area contributed by atoms with E-state index in [1.165, 1.54) is 0 Å². The van der Waals surface area contributed by atoms with Crippen LogP contribution in [0.5, 0.6) is 0 Å². The summed E-state index contributed by atoms with van der Waals surface area (Å²) in [6, 6.07) is 7.65. The monoisotopic (exact) mass is 389 g/mol. The van der Waals surface area contributed by atoms with Gasteiger partial charge >= 0.3 is 0 Å². The van der Waals surface area contributed by atoms with Gasteiger partial charge in [-0.2, -0.15) is 5.10 Å². The summed E-state index contributed by atoms with van der Waals surface area (Å²) < 4.78 is 7.92. The van der Waals surface area contributed by atoms with Gasteiger partial charge in [0.1, 0.15) is 0 Å². The number of ether oxygens (including phenoxy) is 1. The van der Waals surface area contributed by atoms with E-state index in [0.717, 1.165) is 25.8 Å². The molecule has 1 unspecified atom stereocenters. The number of benzene rings is 1. The Balaban J connectivity index is 2.01. The van der Waals surface area contributed by atoms with Gasteiger partial charge in [-0.15, -0.1) is 11.8 Å². The summed E-state index contributed by atoms with van der Waals surface area (Å²) in [6.45, 7) is 1.30. The molecule has 114 valence electrons. The zero-order valence-corrected chi connectivity index (χ0v) is 14.8. The van der Waals surface area contributed by atoms with Crippen LogP contribution in [0.4, 0.5) is 0 Å². The topological polar surface area (TPSA) is 53.1 Å². The van der Waals surface area contributed by atoms with Crippen LogP contribution in [0, 0.1) is 0 Å². The Morgan fingerprint density at radius 1 is 1.43 bits per heavy atom. The van der Waals surface area contributed by atoms with Crippen molar-refractivity contribution in [1.29, 1.82) is 0 Å². The van der Waals surface area contributed by atoms with E-state index in [9.17, 15) is 0 Å². The molecule has 21 heavy (non-hydrogen) atoms. The number of aromatic nitrogens is 2. The maximum atomic E-state index is 6.31. The van der Waals surface area contributed by atoms with Crippen LogP contribution in [-0.4, -0.2) is 29.3 Å². The maximum Gasteiger partial charge on any atom is 0.0703 e. The Morgan fingerprint density at radius 3 is 2.81 bits per heavy atom. The summed E-state index contributed by atoms with van der Waals surface area (Å²) in [5.41, 5.74) is 7.31. The second kappa shape index (κ2) is 8.19. The predicted molar refractivity (Wildman–Crippen MR) is 90.9 cm³/mol. The Morgan fingerprint density at radius 2 is 2.14 bits per heavy atom. The number of nitrogens with two attached hydrogens (primary N) is 1. The van der Waals surface area contributed by atoms with Crippen LogP contribution in [0.15, 0.2) is 39.8 Å². The highest BCUT2D eigenvalue weighted by atomic mass is 79.9. The van der Waals surface area contributed by atoms with Gasteiger partial charge in [0.05, 0.1) is 35.6 Å². The second-order valence-electron chi connectivity index (χ2n) is 4.47. The Kier molecular flexibility index (Phi) is 6.57. The molecular weight excluding hydrogens is 374 g/mol. The summed E-state index contributed by atoms with van der Waals surface area (Å²) in [5, 5.41) is 5.06. The molecule has 0 aliphatic heterocycles. The van der Waals surface area contributed by atoms with E-state index in [1.54, 1.807) is 25.1 Å². The summed E-state index contributed by atoms with van der Waals surface area (Å²) in [6.07, 6.45) is 1.78. The van der Waals surface area contributed by atoms with Gasteiger partial charge < -0.3 is 10.5 Å². The lowest BCUT2D eigenvalue weighted by Crippen LogP contribution is -2.20. The lowest BCUT2D eigenvalue weighted by molar-refractivity contribution is 0.182. The number of thioether (sulfide) groups is 1. The van der Waals surface area contributed by atoms with Crippen LogP contribution >= 0.6 is 39.3 Å². The van der Waals surface area contributed by atoms with E-state index in [4.69, 9.17) is 22.1 Å². The number of nitrogens with zero attached hydrogens (tertiary/aromatic N) is 2. The summed E-state index contributed by atoms with van der Waals surface area (Å²) in [7, 11) is 1.68. The minimum Gasteiger partial charge on any atom is -0.383 e. The number of rotatable bonds is 7. The van der Waals surface area contributed by atoms with Gasteiger partial charge in [-0.25, -0.2) is 0 Å². The maximum absolute atomic E-state index is 6.31. The van der Waals surface area contributed by atoms with E-state index in [2.05, 4.69) is 21.0 Å². The lowest BCUT2D eigenvalue weighted by Gasteiger charge is -2.15. The Hall–Kier alpha value is -0.530. The molecule has 2 rings (SSSR count). The highest BCUT2D eigenvalue weighted by Crippen LogP contribution is 2.28. The van der Waals surface area contributed by atoms with Crippen molar-refractivity contribution >= 4 is 39.3 Å². The molecule has 1 aromatic heterocycles. The minimum atomic E-state index is -0.112. The van der Waals surface area contributed by atoms with Gasteiger partial charge in [0, 0.05) is 22.8 Å². The third-order valence-electron chi connectivity index (χ3n) is 2.93. The highest BCUT2D eigenvalue weighted by molar-refractivity contribution is 9.10. The molecule has 0 aliphatic carbocycles. The number of halogens is 2. The fourth-order valence-electron chi connectivity index (χ4n) is 1.89. The van der Waals surface area contributed by atoms with Gasteiger partial charge in [0.25, 0.3) is 0 Å². The molecule has 0 saturated heterocycles. The molecule has 0 amide bonds. The fraction of sp³-hybridized carbons (Fsp3) is 0.357. The van der Waals surface area contributed by atoms with Gasteiger partial charge in [0.2, 0.25) is 0 Å². The van der Waals surface area contributed by atoms with Crippen LogP contribution < -0.4 is 5.73 Å². The minimum absolute atomic E-state index is 0.112. The quantitative estimate of drug-likeness (QED) is 0.732. The third kappa shape index (κ3) is 4.72. The van der Waals surface area contributed by atoms with E-state index < -0.39 is 0 Å². The average Bonchev–Trinajstić information content (AvgIpc) is 2.85. The first-order valence-electron chi connectivity index (χ1n) is 6.46. The van der Waals surface area contributed by atoms with Crippen molar-refractivity contribution in [3.05, 3.63) is 45.7 Å². The lowest BCUT2D eigenvalue weighted by atomic mass is 10.2. The Bertz CT molecular complexity index is 576. The molecule has 0 spiro atoms. The first-order chi connectivity index (χ1) is 10.1. The van der Waals surface area contributed by atoms with E-state index in [0.29, 0.717) is 13.2 Å². The average molecular weight is 391 g/mol. The van der Waals surface area contributed by atoms with Crippen LogP contribution in [0.1, 0.15) is 11.7 Å². The molecule has 1 aromatic carbocycles. The van der Waals surface area contributed by atoms with Crippen molar-refractivity contribution in [3.63, 3.8) is 0 Å². The second-order valence-corrected chi connectivity index (χ2v) is 6.85. The van der Waals surface area contributed by atoms with Gasteiger partial charge in [-0.05, 0) is 40.2 Å². The van der Waals surface area contributed by atoms with Crippen molar-refractivity contribution in [3.8, 4) is 0 Å². The predicted octanol–water partition coefficient (Wildman–Crippen LogP) is 3.74. The molecule has 0 fully saturated rings. The molecule has 0 radical (unpaired) electrons. The van der Waals surface area contributed by atoms with Gasteiger partial charge in [-0.3, -0.25) is 4.68 Å². The molecule has 0 bridgehead atoms. The van der Waals surface area contributed by atoms with Crippen molar-refractivity contribution in [2.75, 3.05) is 19.5 Å². The molecule has 0 saturated carbocycles. The number of hydrogen-bond acceptors (Lipinski definition) is 4. The molecule has 1 heterocycles. The molecule has 1 atom stereocenters. The van der Waals surface area contributed by atoms with Crippen molar-refractivity contribution in [1.82, 2.24) is 9.78 Å². The molecule has 4 nitrogen and oxygen atoms in total. The SMILES string of the molecule is COCCn1ncc(Br)c1C(N)CSc1ccc(Cl)cc1. The zero-order chi connectivity index (χ0) is 15.2. The van der Waals surface area contributed by atoms with Gasteiger partial charge in [-0.1, -0.05) is 11.6 Å². The normalized spacial score (nSPS) is 12.6. The van der Waals surface area contributed by atoms with Crippen LogP contribution in [-0.2, 0) is 11.3 Å². The largest absolute Gasteiger partial charge is 0.383 e. The van der Waals surface area contributed by atoms with Crippen molar-refractivity contribution < 1.29 is 4.74 Å². The standard InChI is InChI=1S/C14H17BrClN3OS/c1-20-7-6-19-14(12(15)8-18-19)13(17)9-21-11-4-2-10(16)3-5-11/h2-5,8,13H,6-7,9,17H2,1H3. The van der Waals surface area contributed by atoms with E-state index >= 15 is 0 Å². The van der Waals surface area contributed by atoms with Crippen LogP contribution in [0.2, 0.25) is 5.02 Å². The fourth-order valence-corrected chi connectivity index (χ4v) is 3.47. The van der Waals surface area contributed by atoms with E-state index in [-0.39, 0.29) is 6.04 Å². The summed E-state index contributed by atoms with van der Waals surface area (Å²) >= 11 is 11.1. The summed E-state index contributed by atoms with van der Waals surface area (Å²) in [4.78, 5) is 1.15. The third-order valence-corrected chi connectivity index (χ3v) is 4.93. The van der Waals surface area contributed by atoms with Crippen molar-refractivity contribution in [2.45, 2.75) is 17.5 Å². The van der Waals surface area contributed by atoms with Crippen molar-refractivity contribution in [2.24, 2.45) is 5.73 Å². The highest BCUT2D eigenvalue weighted by Gasteiger charge is 2.16. The zero-order valence-electron chi connectivity index (χ0n) is 11.6. The molecule has 7 heteroatoms. The Labute approximate surface area is 142 Å². The first-order valence-corrected chi connectivity index (χ1v) is 8.61. The van der Waals surface area contributed by atoms with E-state index in [1.807, 2.05) is 28.9 Å². The molecule has 2 N–H and O–H groups in total. The molecule has 2 aromatic rings.